The molecule has 0 spiro atoms. The summed E-state index contributed by atoms with van der Waals surface area (Å²) < 4.78 is 0. The summed E-state index contributed by atoms with van der Waals surface area (Å²) in [5, 5.41) is 6.41. The first-order valence-corrected chi connectivity index (χ1v) is 13.6. The molecule has 4 rings (SSSR count). The van der Waals surface area contributed by atoms with Gasteiger partial charge in [0.15, 0.2) is 0 Å². The van der Waals surface area contributed by atoms with Gasteiger partial charge in [-0.15, -0.1) is 0 Å². The first-order chi connectivity index (χ1) is 17.5. The van der Waals surface area contributed by atoms with Crippen molar-refractivity contribution in [3.05, 3.63) is 70.6 Å². The fourth-order valence-electron chi connectivity index (χ4n) is 4.50. The Morgan fingerprint density at radius 1 is 1.14 bits per heavy atom. The van der Waals surface area contributed by atoms with E-state index in [9.17, 15) is 9.59 Å². The normalized spacial score (nSPS) is 19.5. The van der Waals surface area contributed by atoms with Crippen molar-refractivity contribution >= 4 is 29.3 Å². The maximum absolute atomic E-state index is 13.0. The first-order valence-electron chi connectivity index (χ1n) is 12.8. The zero-order valence-corrected chi connectivity index (χ0v) is 21.7. The van der Waals surface area contributed by atoms with Gasteiger partial charge in [0.2, 0.25) is 5.91 Å². The van der Waals surface area contributed by atoms with Crippen molar-refractivity contribution in [1.29, 1.82) is 0 Å². The van der Waals surface area contributed by atoms with Crippen molar-refractivity contribution in [2.75, 3.05) is 44.6 Å². The molecule has 4 N–H and O–H groups in total. The van der Waals surface area contributed by atoms with E-state index in [-0.39, 0.29) is 22.8 Å². The molecular formula is C27H36N6O2S. The van der Waals surface area contributed by atoms with Crippen LogP contribution >= 0.6 is 11.8 Å². The molecule has 0 bridgehead atoms. The lowest BCUT2D eigenvalue weighted by atomic mass is 10.1. The second kappa shape index (κ2) is 12.8. The largest absolute Gasteiger partial charge is 0.392 e. The number of amides is 2. The second-order valence-corrected chi connectivity index (χ2v) is 10.3. The molecule has 9 heteroatoms. The van der Waals surface area contributed by atoms with Crippen molar-refractivity contribution in [3.63, 3.8) is 0 Å². The smallest absolute Gasteiger partial charge is 0.269 e. The molecule has 1 aromatic carbocycles. The number of thioether (sulfide) groups is 1. The van der Waals surface area contributed by atoms with Crippen molar-refractivity contribution < 1.29 is 9.59 Å². The highest BCUT2D eigenvalue weighted by Gasteiger charge is 2.38. The molecule has 1 aromatic heterocycles. The van der Waals surface area contributed by atoms with Gasteiger partial charge in [0.05, 0.1) is 0 Å². The molecule has 2 saturated heterocycles. The highest BCUT2D eigenvalue weighted by molar-refractivity contribution is 8.04. The van der Waals surface area contributed by atoms with E-state index in [0.29, 0.717) is 31.1 Å². The quantitative estimate of drug-likeness (QED) is 0.401. The van der Waals surface area contributed by atoms with Crippen molar-refractivity contribution in [2.24, 2.45) is 5.73 Å². The van der Waals surface area contributed by atoms with Crippen LogP contribution < -0.4 is 16.4 Å². The van der Waals surface area contributed by atoms with Crippen LogP contribution in [-0.2, 0) is 22.4 Å². The molecule has 8 nitrogen and oxygen atoms in total. The van der Waals surface area contributed by atoms with Gasteiger partial charge in [0.1, 0.15) is 16.0 Å². The zero-order chi connectivity index (χ0) is 25.3. The number of nitrogens with one attached hydrogen (secondary N) is 2. The number of rotatable bonds is 11. The fraction of sp³-hybridized carbons (Fsp3) is 0.444. The lowest BCUT2D eigenvalue weighted by Crippen LogP contribution is -2.35. The molecule has 1 atom stereocenters. The average molecular weight is 509 g/mol. The summed E-state index contributed by atoms with van der Waals surface area (Å²) in [7, 11) is 0. The number of nitrogens with two attached hydrogens (primary N) is 1. The van der Waals surface area contributed by atoms with Crippen LogP contribution in [-0.4, -0.2) is 71.1 Å². The molecule has 36 heavy (non-hydrogen) atoms. The number of benzene rings is 1. The maximum Gasteiger partial charge on any atom is 0.269 e. The van der Waals surface area contributed by atoms with Gasteiger partial charge < -0.3 is 26.2 Å². The Hall–Kier alpha value is -3.04. The van der Waals surface area contributed by atoms with Crippen LogP contribution in [0.3, 0.4) is 0 Å². The minimum Gasteiger partial charge on any atom is -0.392 e. The molecule has 2 aliphatic rings. The van der Waals surface area contributed by atoms with Gasteiger partial charge in [-0.2, -0.15) is 0 Å². The zero-order valence-electron chi connectivity index (χ0n) is 20.9. The molecule has 2 aromatic rings. The van der Waals surface area contributed by atoms with E-state index >= 15 is 0 Å². The minimum atomic E-state index is -0.363. The summed E-state index contributed by atoms with van der Waals surface area (Å²) >= 11 is 1.35. The van der Waals surface area contributed by atoms with Crippen LogP contribution in [0, 0.1) is 0 Å². The molecular weight excluding hydrogens is 472 g/mol. The molecule has 2 fully saturated rings. The number of likely N-dealkylation sites (tertiary alicyclic amines) is 1. The summed E-state index contributed by atoms with van der Waals surface area (Å²) in [6.45, 7) is 6.79. The third-order valence-electron chi connectivity index (χ3n) is 6.59. The van der Waals surface area contributed by atoms with Crippen LogP contribution in [0.1, 0.15) is 31.0 Å². The van der Waals surface area contributed by atoms with Crippen molar-refractivity contribution in [2.45, 2.75) is 37.9 Å². The standard InChI is InChI=1S/C27H36N6O2S/c1-2-33-26(35)23(19-31-22-10-8-20(9-11-22)13-18-32-16-5-6-17-32)36-27(33)24(28)25(34)30-15-12-21-7-3-4-14-29-21/h3-4,7-11,14,23,31H,2,5-6,12-13,15-19,28H2,1H3,(H,30,34)/b27-24+/t23-/m1/s1. The number of aromatic nitrogens is 1. The lowest BCUT2D eigenvalue weighted by molar-refractivity contribution is -0.127. The van der Waals surface area contributed by atoms with Gasteiger partial charge in [-0.3, -0.25) is 14.6 Å². The molecule has 2 aliphatic heterocycles. The Bertz CT molecular complexity index is 1050. The number of carbonyl (C=O) groups is 2. The summed E-state index contributed by atoms with van der Waals surface area (Å²) in [5.74, 6) is -0.394. The summed E-state index contributed by atoms with van der Waals surface area (Å²) in [6, 6.07) is 14.1. The molecule has 192 valence electrons. The predicted molar refractivity (Wildman–Crippen MR) is 145 cm³/mol. The molecule has 3 heterocycles. The third kappa shape index (κ3) is 6.79. The maximum atomic E-state index is 13.0. The molecule has 0 unspecified atom stereocenters. The SMILES string of the molecule is CCN1C(=O)[C@@H](CNc2ccc(CCN3CCCC3)cc2)S/C1=C(/N)C(=O)NCCc1ccccn1. The number of nitrogens with zero attached hydrogens (tertiary/aromatic N) is 3. The van der Waals surface area contributed by atoms with E-state index < -0.39 is 0 Å². The number of hydrogen-bond donors (Lipinski definition) is 3. The van der Waals surface area contributed by atoms with Gasteiger partial charge >= 0.3 is 0 Å². The van der Waals surface area contributed by atoms with E-state index in [1.165, 1.54) is 43.3 Å². The van der Waals surface area contributed by atoms with Gasteiger partial charge in [-0.1, -0.05) is 30.0 Å². The summed E-state index contributed by atoms with van der Waals surface area (Å²) in [4.78, 5) is 34.0. The van der Waals surface area contributed by atoms with Crippen LogP contribution in [0.25, 0.3) is 0 Å². The summed E-state index contributed by atoms with van der Waals surface area (Å²) in [6.07, 6.45) is 6.03. The monoisotopic (exact) mass is 508 g/mol. The Morgan fingerprint density at radius 3 is 2.61 bits per heavy atom. The molecule has 0 radical (unpaired) electrons. The minimum absolute atomic E-state index is 0.0310. The number of anilines is 1. The molecule has 0 saturated carbocycles. The fourth-order valence-corrected chi connectivity index (χ4v) is 5.73. The Morgan fingerprint density at radius 2 is 1.92 bits per heavy atom. The first kappa shape index (κ1) is 26.0. The van der Waals surface area contributed by atoms with E-state index in [0.717, 1.165) is 24.3 Å². The number of hydrogen-bond acceptors (Lipinski definition) is 7. The highest BCUT2D eigenvalue weighted by atomic mass is 32.2. The Balaban J connectivity index is 1.28. The topological polar surface area (TPSA) is 104 Å². The van der Waals surface area contributed by atoms with Crippen molar-refractivity contribution in [3.8, 4) is 0 Å². The molecule has 2 amide bonds. The van der Waals surface area contributed by atoms with E-state index in [2.05, 4.69) is 44.8 Å². The highest BCUT2D eigenvalue weighted by Crippen LogP contribution is 2.36. The second-order valence-electron chi connectivity index (χ2n) is 9.11. The Labute approximate surface area is 217 Å². The van der Waals surface area contributed by atoms with Crippen LogP contribution in [0.15, 0.2) is 59.4 Å². The van der Waals surface area contributed by atoms with Crippen LogP contribution in [0.5, 0.6) is 0 Å². The number of carbonyl (C=O) groups excluding carboxylic acids is 2. The van der Waals surface area contributed by atoms with Gasteiger partial charge in [0.25, 0.3) is 5.91 Å². The van der Waals surface area contributed by atoms with Gasteiger partial charge in [0, 0.05) is 50.2 Å². The third-order valence-corrected chi connectivity index (χ3v) is 7.90. The van der Waals surface area contributed by atoms with Gasteiger partial charge in [-0.25, -0.2) is 0 Å². The van der Waals surface area contributed by atoms with E-state index in [1.807, 2.05) is 25.1 Å². The lowest BCUT2D eigenvalue weighted by Gasteiger charge is -2.16. The van der Waals surface area contributed by atoms with Crippen molar-refractivity contribution in [1.82, 2.24) is 20.1 Å². The predicted octanol–water partition coefficient (Wildman–Crippen LogP) is 2.58. The average Bonchev–Trinajstić information content (AvgIpc) is 3.54. The Kier molecular flexibility index (Phi) is 9.24. The van der Waals surface area contributed by atoms with E-state index in [1.54, 1.807) is 11.1 Å². The summed E-state index contributed by atoms with van der Waals surface area (Å²) in [5.41, 5.74) is 9.49. The molecule has 0 aliphatic carbocycles. The van der Waals surface area contributed by atoms with Crippen LogP contribution in [0.2, 0.25) is 0 Å². The van der Waals surface area contributed by atoms with Gasteiger partial charge in [-0.05, 0) is 69.1 Å². The number of pyridine rings is 1. The van der Waals surface area contributed by atoms with E-state index in [4.69, 9.17) is 5.73 Å². The van der Waals surface area contributed by atoms with Crippen LogP contribution in [0.4, 0.5) is 5.69 Å².